The highest BCUT2D eigenvalue weighted by Gasteiger charge is 2.21. The molecule has 5 nitrogen and oxygen atoms in total. The van der Waals surface area contributed by atoms with E-state index in [0.29, 0.717) is 10.7 Å². The quantitative estimate of drug-likeness (QED) is 0.881. The van der Waals surface area contributed by atoms with Gasteiger partial charge in [0.05, 0.1) is 5.56 Å². The van der Waals surface area contributed by atoms with Crippen molar-refractivity contribution < 1.29 is 19.1 Å². The van der Waals surface area contributed by atoms with Crippen LogP contribution in [0.25, 0.3) is 0 Å². The summed E-state index contributed by atoms with van der Waals surface area (Å²) in [6.45, 7) is -0.545. The summed E-state index contributed by atoms with van der Waals surface area (Å²) in [4.78, 5) is 27.7. The van der Waals surface area contributed by atoms with Gasteiger partial charge in [0, 0.05) is 16.9 Å². The molecule has 1 N–H and O–H groups in total. The van der Waals surface area contributed by atoms with E-state index in [1.807, 2.05) is 0 Å². The minimum Gasteiger partial charge on any atom is -0.480 e. The molecule has 1 aromatic heterocycles. The Bertz CT molecular complexity index is 676. The van der Waals surface area contributed by atoms with Crippen LogP contribution in [0.2, 0.25) is 5.02 Å². The molecular formula is C14H10ClFN2O3. The molecule has 2 aromatic rings. The number of pyridine rings is 1. The monoisotopic (exact) mass is 308 g/mol. The number of carbonyl (C=O) groups is 2. The van der Waals surface area contributed by atoms with E-state index in [4.69, 9.17) is 16.7 Å². The third-order valence-electron chi connectivity index (χ3n) is 2.63. The number of hydrogen-bond acceptors (Lipinski definition) is 3. The Morgan fingerprint density at radius 1 is 1.29 bits per heavy atom. The predicted molar refractivity (Wildman–Crippen MR) is 75.0 cm³/mol. The van der Waals surface area contributed by atoms with Crippen molar-refractivity contribution in [2.45, 2.75) is 0 Å². The molecule has 0 bridgehead atoms. The molecule has 1 aromatic carbocycles. The van der Waals surface area contributed by atoms with Crippen LogP contribution in [-0.2, 0) is 4.79 Å². The average Bonchev–Trinajstić information content (AvgIpc) is 2.44. The molecule has 0 saturated heterocycles. The van der Waals surface area contributed by atoms with Crippen molar-refractivity contribution >= 4 is 29.2 Å². The second kappa shape index (κ2) is 6.32. The second-order valence-electron chi connectivity index (χ2n) is 4.13. The number of aromatic nitrogens is 1. The summed E-state index contributed by atoms with van der Waals surface area (Å²) in [7, 11) is 0. The Kier molecular flexibility index (Phi) is 4.49. The number of amides is 1. The number of aliphatic carboxylic acids is 1. The van der Waals surface area contributed by atoms with E-state index in [-0.39, 0.29) is 5.56 Å². The number of nitrogens with zero attached hydrogens (tertiary/aromatic N) is 2. The van der Waals surface area contributed by atoms with E-state index in [0.717, 1.165) is 17.2 Å². The van der Waals surface area contributed by atoms with Crippen LogP contribution in [0.1, 0.15) is 10.4 Å². The topological polar surface area (TPSA) is 70.5 Å². The van der Waals surface area contributed by atoms with Crippen molar-refractivity contribution in [1.82, 2.24) is 4.98 Å². The maximum Gasteiger partial charge on any atom is 0.323 e. The molecule has 1 heterocycles. The van der Waals surface area contributed by atoms with Crippen molar-refractivity contribution in [2.24, 2.45) is 0 Å². The van der Waals surface area contributed by atoms with Gasteiger partial charge >= 0.3 is 5.97 Å². The lowest BCUT2D eigenvalue weighted by atomic mass is 10.2. The zero-order valence-electron chi connectivity index (χ0n) is 10.7. The summed E-state index contributed by atoms with van der Waals surface area (Å²) in [5, 5.41) is 9.32. The molecule has 7 heteroatoms. The van der Waals surface area contributed by atoms with Gasteiger partial charge in [0.15, 0.2) is 0 Å². The van der Waals surface area contributed by atoms with E-state index in [9.17, 15) is 14.0 Å². The van der Waals surface area contributed by atoms with Crippen LogP contribution in [0.3, 0.4) is 0 Å². The fourth-order valence-electron chi connectivity index (χ4n) is 1.72. The van der Waals surface area contributed by atoms with Crippen LogP contribution >= 0.6 is 11.6 Å². The number of carboxylic acid groups (broad SMARTS) is 1. The molecule has 0 fully saturated rings. The van der Waals surface area contributed by atoms with Gasteiger partial charge in [0.2, 0.25) is 5.95 Å². The molecule has 0 aliphatic carbocycles. The Hall–Kier alpha value is -2.47. The first kappa shape index (κ1) is 14.9. The van der Waals surface area contributed by atoms with Crippen LogP contribution in [0.15, 0.2) is 42.6 Å². The maximum atomic E-state index is 12.8. The number of benzene rings is 1. The van der Waals surface area contributed by atoms with Crippen molar-refractivity contribution in [2.75, 3.05) is 11.4 Å². The van der Waals surface area contributed by atoms with Gasteiger partial charge in [-0.15, -0.1) is 0 Å². The van der Waals surface area contributed by atoms with Crippen molar-refractivity contribution in [3.05, 3.63) is 59.1 Å². The van der Waals surface area contributed by atoms with Crippen molar-refractivity contribution in [3.8, 4) is 0 Å². The van der Waals surface area contributed by atoms with Crippen LogP contribution in [0.4, 0.5) is 10.1 Å². The smallest absolute Gasteiger partial charge is 0.323 e. The minimum absolute atomic E-state index is 0.0811. The van der Waals surface area contributed by atoms with Gasteiger partial charge in [-0.2, -0.15) is 4.39 Å². The van der Waals surface area contributed by atoms with Crippen molar-refractivity contribution in [1.29, 1.82) is 0 Å². The molecule has 108 valence electrons. The zero-order chi connectivity index (χ0) is 15.4. The van der Waals surface area contributed by atoms with Gasteiger partial charge in [0.25, 0.3) is 5.91 Å². The van der Waals surface area contributed by atoms with Crippen LogP contribution < -0.4 is 4.90 Å². The highest BCUT2D eigenvalue weighted by atomic mass is 35.5. The SMILES string of the molecule is O=C(O)CN(C(=O)c1ccc(F)nc1)c1cccc(Cl)c1. The van der Waals surface area contributed by atoms with Crippen LogP contribution in [-0.4, -0.2) is 28.5 Å². The maximum absolute atomic E-state index is 12.8. The normalized spacial score (nSPS) is 10.2. The molecule has 0 radical (unpaired) electrons. The Morgan fingerprint density at radius 2 is 2.05 bits per heavy atom. The van der Waals surface area contributed by atoms with Crippen molar-refractivity contribution in [3.63, 3.8) is 0 Å². The van der Waals surface area contributed by atoms with Gasteiger partial charge in [-0.25, -0.2) is 4.98 Å². The van der Waals surface area contributed by atoms with E-state index >= 15 is 0 Å². The number of hydrogen-bond donors (Lipinski definition) is 1. The number of carboxylic acids is 1. The fourth-order valence-corrected chi connectivity index (χ4v) is 1.90. The summed E-state index contributed by atoms with van der Waals surface area (Å²) in [6.07, 6.45) is 1.05. The average molecular weight is 309 g/mol. The van der Waals surface area contributed by atoms with Gasteiger partial charge in [-0.05, 0) is 30.3 Å². The first-order valence-corrected chi connectivity index (χ1v) is 6.26. The number of carbonyl (C=O) groups excluding carboxylic acids is 1. The summed E-state index contributed by atoms with van der Waals surface area (Å²) < 4.78 is 12.8. The molecule has 0 aliphatic rings. The van der Waals surface area contributed by atoms with Gasteiger partial charge in [0.1, 0.15) is 6.54 Å². The molecule has 0 atom stereocenters. The largest absolute Gasteiger partial charge is 0.480 e. The summed E-state index contributed by atoms with van der Waals surface area (Å²) in [6, 6.07) is 8.51. The van der Waals surface area contributed by atoms with E-state index in [1.54, 1.807) is 18.2 Å². The lowest BCUT2D eigenvalue weighted by molar-refractivity contribution is -0.135. The van der Waals surface area contributed by atoms with E-state index < -0.39 is 24.4 Å². The Morgan fingerprint density at radius 3 is 2.62 bits per heavy atom. The predicted octanol–water partition coefficient (Wildman–Crippen LogP) is 2.61. The minimum atomic E-state index is -1.18. The molecule has 0 aliphatic heterocycles. The van der Waals surface area contributed by atoms with Crippen LogP contribution in [0.5, 0.6) is 0 Å². The Labute approximate surface area is 124 Å². The van der Waals surface area contributed by atoms with E-state index in [2.05, 4.69) is 4.98 Å². The van der Waals surface area contributed by atoms with Crippen LogP contribution in [0, 0.1) is 5.95 Å². The number of halogens is 2. The lowest BCUT2D eigenvalue weighted by Gasteiger charge is -2.21. The first-order valence-electron chi connectivity index (χ1n) is 5.88. The molecule has 0 saturated carbocycles. The zero-order valence-corrected chi connectivity index (χ0v) is 11.4. The first-order chi connectivity index (χ1) is 9.97. The summed E-state index contributed by atoms with van der Waals surface area (Å²) in [5.74, 6) is -2.51. The standard InChI is InChI=1S/C14H10ClFN2O3/c15-10-2-1-3-11(6-10)18(8-13(19)20)14(21)9-4-5-12(16)17-7-9/h1-7H,8H2,(H,19,20). The lowest BCUT2D eigenvalue weighted by Crippen LogP contribution is -2.35. The second-order valence-corrected chi connectivity index (χ2v) is 4.57. The molecular weight excluding hydrogens is 299 g/mol. The fraction of sp³-hybridized carbons (Fsp3) is 0.0714. The molecule has 2 rings (SSSR count). The molecule has 0 unspecified atom stereocenters. The summed E-state index contributed by atoms with van der Waals surface area (Å²) >= 11 is 5.85. The molecule has 21 heavy (non-hydrogen) atoms. The van der Waals surface area contributed by atoms with Gasteiger partial charge in [-0.3, -0.25) is 14.5 Å². The highest BCUT2D eigenvalue weighted by Crippen LogP contribution is 2.21. The van der Waals surface area contributed by atoms with Gasteiger partial charge < -0.3 is 5.11 Å². The third kappa shape index (κ3) is 3.76. The summed E-state index contributed by atoms with van der Waals surface area (Å²) in [5.41, 5.74) is 0.414. The Balaban J connectivity index is 2.38. The van der Waals surface area contributed by atoms with Gasteiger partial charge in [-0.1, -0.05) is 17.7 Å². The van der Waals surface area contributed by atoms with E-state index in [1.165, 1.54) is 12.1 Å². The number of rotatable bonds is 4. The molecule has 0 spiro atoms. The molecule has 1 amide bonds. The third-order valence-corrected chi connectivity index (χ3v) is 2.87. The highest BCUT2D eigenvalue weighted by molar-refractivity contribution is 6.31. The number of anilines is 1.